The second-order valence-electron chi connectivity index (χ2n) is 6.84. The van der Waals surface area contributed by atoms with Gasteiger partial charge in [0.25, 0.3) is 5.91 Å². The topological polar surface area (TPSA) is 69.3 Å². The molecule has 0 aliphatic rings. The first-order chi connectivity index (χ1) is 14.6. The van der Waals surface area contributed by atoms with Gasteiger partial charge in [-0.2, -0.15) is 5.10 Å². The number of amides is 1. The second kappa shape index (κ2) is 8.88. The van der Waals surface area contributed by atoms with E-state index in [0.29, 0.717) is 23.0 Å². The molecule has 1 amide bonds. The molecule has 4 aromatic rings. The first-order valence-electron chi connectivity index (χ1n) is 9.42. The molecule has 0 radical (unpaired) electrons. The van der Waals surface area contributed by atoms with Gasteiger partial charge in [-0.15, -0.1) is 0 Å². The molecule has 0 saturated carbocycles. The number of ether oxygens (including phenoxy) is 1. The molecule has 2 heterocycles. The van der Waals surface area contributed by atoms with Crippen LogP contribution in [0, 0.1) is 6.92 Å². The van der Waals surface area contributed by atoms with Gasteiger partial charge >= 0.3 is 0 Å². The van der Waals surface area contributed by atoms with Crippen molar-refractivity contribution in [3.8, 4) is 5.75 Å². The van der Waals surface area contributed by atoms with Crippen molar-refractivity contribution in [2.75, 3.05) is 5.32 Å². The molecular weight excluding hydrogens is 402 g/mol. The van der Waals surface area contributed by atoms with E-state index in [0.717, 1.165) is 16.9 Å². The summed E-state index contributed by atoms with van der Waals surface area (Å²) in [6.45, 7) is 2.75. The van der Waals surface area contributed by atoms with Gasteiger partial charge in [-0.05, 0) is 48.4 Å². The molecule has 0 atom stereocenters. The number of hydrogen-bond acceptors (Lipinski definition) is 4. The monoisotopic (exact) mass is 421 g/mol. The first kappa shape index (κ1) is 19.8. The highest BCUT2D eigenvalue weighted by Crippen LogP contribution is 2.18. The molecule has 4 rings (SSSR count). The number of nitrogens with zero attached hydrogens (tertiary/aromatic N) is 2. The van der Waals surface area contributed by atoms with E-state index in [1.807, 2.05) is 55.5 Å². The predicted molar refractivity (Wildman–Crippen MR) is 115 cm³/mol. The number of benzene rings is 2. The third-order valence-electron chi connectivity index (χ3n) is 4.44. The Hall–Kier alpha value is -3.51. The summed E-state index contributed by atoms with van der Waals surface area (Å²) in [5.41, 5.74) is 2.63. The van der Waals surface area contributed by atoms with Gasteiger partial charge < -0.3 is 14.5 Å². The number of carbonyl (C=O) groups excluding carboxylic acids is 1. The van der Waals surface area contributed by atoms with Crippen LogP contribution in [0.2, 0.25) is 5.02 Å². The number of furan rings is 1. The third-order valence-corrected chi connectivity index (χ3v) is 4.81. The van der Waals surface area contributed by atoms with E-state index in [4.69, 9.17) is 20.8 Å². The normalized spacial score (nSPS) is 10.7. The average molecular weight is 422 g/mol. The van der Waals surface area contributed by atoms with E-state index in [1.165, 1.54) is 0 Å². The van der Waals surface area contributed by atoms with Crippen LogP contribution in [-0.2, 0) is 13.2 Å². The van der Waals surface area contributed by atoms with Crippen LogP contribution in [0.1, 0.15) is 27.4 Å². The highest BCUT2D eigenvalue weighted by atomic mass is 35.5. The fraction of sp³-hybridized carbons (Fsp3) is 0.130. The number of carbonyl (C=O) groups is 1. The molecule has 0 fully saturated rings. The molecule has 30 heavy (non-hydrogen) atoms. The lowest BCUT2D eigenvalue weighted by Gasteiger charge is -2.05. The summed E-state index contributed by atoms with van der Waals surface area (Å²) in [7, 11) is 0. The van der Waals surface area contributed by atoms with Crippen LogP contribution in [0.15, 0.2) is 77.5 Å². The Morgan fingerprint density at radius 2 is 2.03 bits per heavy atom. The molecule has 2 aromatic heterocycles. The van der Waals surface area contributed by atoms with Crippen molar-refractivity contribution in [1.29, 1.82) is 0 Å². The number of anilines is 1. The van der Waals surface area contributed by atoms with E-state index in [-0.39, 0.29) is 18.3 Å². The van der Waals surface area contributed by atoms with Gasteiger partial charge in [-0.25, -0.2) is 0 Å². The van der Waals surface area contributed by atoms with Crippen molar-refractivity contribution in [2.45, 2.75) is 20.1 Å². The van der Waals surface area contributed by atoms with Crippen LogP contribution in [-0.4, -0.2) is 15.7 Å². The zero-order valence-electron chi connectivity index (χ0n) is 16.3. The summed E-state index contributed by atoms with van der Waals surface area (Å²) in [5.74, 6) is 1.17. The van der Waals surface area contributed by atoms with Gasteiger partial charge in [-0.1, -0.05) is 41.9 Å². The smallest absolute Gasteiger partial charge is 0.291 e. The van der Waals surface area contributed by atoms with Gasteiger partial charge in [0.1, 0.15) is 18.1 Å². The molecule has 152 valence electrons. The van der Waals surface area contributed by atoms with E-state index in [2.05, 4.69) is 10.4 Å². The second-order valence-corrected chi connectivity index (χ2v) is 7.25. The van der Waals surface area contributed by atoms with Crippen molar-refractivity contribution in [1.82, 2.24) is 9.78 Å². The summed E-state index contributed by atoms with van der Waals surface area (Å²) in [4.78, 5) is 12.5. The minimum absolute atomic E-state index is 0.205. The lowest BCUT2D eigenvalue weighted by atomic mass is 10.2. The van der Waals surface area contributed by atoms with E-state index < -0.39 is 0 Å². The van der Waals surface area contributed by atoms with Crippen molar-refractivity contribution in [2.24, 2.45) is 0 Å². The molecule has 0 spiro atoms. The fourth-order valence-corrected chi connectivity index (χ4v) is 3.14. The summed E-state index contributed by atoms with van der Waals surface area (Å²) in [6, 6.07) is 18.7. The predicted octanol–water partition coefficient (Wildman–Crippen LogP) is 5.32. The van der Waals surface area contributed by atoms with Crippen LogP contribution in [0.25, 0.3) is 0 Å². The summed E-state index contributed by atoms with van der Waals surface area (Å²) in [6.07, 6.45) is 3.32. The van der Waals surface area contributed by atoms with E-state index >= 15 is 0 Å². The maximum absolute atomic E-state index is 12.5. The van der Waals surface area contributed by atoms with Gasteiger partial charge in [0.05, 0.1) is 18.4 Å². The number of nitrogens with one attached hydrogen (secondary N) is 1. The van der Waals surface area contributed by atoms with Crippen molar-refractivity contribution in [3.63, 3.8) is 0 Å². The van der Waals surface area contributed by atoms with Crippen LogP contribution in [0.3, 0.4) is 0 Å². The van der Waals surface area contributed by atoms with Gasteiger partial charge in [0.2, 0.25) is 0 Å². The summed E-state index contributed by atoms with van der Waals surface area (Å²) >= 11 is 6.19. The minimum Gasteiger partial charge on any atom is -0.486 e. The Labute approximate surface area is 179 Å². The van der Waals surface area contributed by atoms with Crippen LogP contribution >= 0.6 is 11.6 Å². The summed E-state index contributed by atoms with van der Waals surface area (Å²) < 4.78 is 13.0. The van der Waals surface area contributed by atoms with Crippen molar-refractivity contribution in [3.05, 3.63) is 101 Å². The molecule has 0 saturated heterocycles. The molecule has 2 aromatic carbocycles. The van der Waals surface area contributed by atoms with Crippen LogP contribution < -0.4 is 10.1 Å². The third kappa shape index (κ3) is 4.90. The molecule has 0 aliphatic heterocycles. The molecular formula is C23H20ClN3O3. The molecule has 6 nitrogen and oxygen atoms in total. The Bertz CT molecular complexity index is 1170. The molecule has 1 N–H and O–H groups in total. The van der Waals surface area contributed by atoms with Crippen LogP contribution in [0.5, 0.6) is 5.75 Å². The molecule has 0 unspecified atom stereocenters. The minimum atomic E-state index is -0.353. The Morgan fingerprint density at radius 1 is 1.17 bits per heavy atom. The number of hydrogen-bond donors (Lipinski definition) is 1. The van der Waals surface area contributed by atoms with Gasteiger partial charge in [-0.3, -0.25) is 9.48 Å². The average Bonchev–Trinajstić information content (AvgIpc) is 3.38. The Kier molecular flexibility index (Phi) is 5.86. The number of halogens is 1. The zero-order chi connectivity index (χ0) is 20.9. The van der Waals surface area contributed by atoms with E-state index in [1.54, 1.807) is 29.2 Å². The van der Waals surface area contributed by atoms with Gasteiger partial charge in [0.15, 0.2) is 5.76 Å². The largest absolute Gasteiger partial charge is 0.486 e. The number of aryl methyl sites for hydroxylation is 1. The lowest BCUT2D eigenvalue weighted by Crippen LogP contribution is -2.10. The standard InChI is InChI=1S/C23H20ClN3O3/c1-16-5-4-7-19(11-16)29-15-20-9-10-22(30-20)23(28)26-18-12-25-27(14-18)13-17-6-2-3-8-21(17)24/h2-12,14H,13,15H2,1H3,(H,26,28). The van der Waals surface area contributed by atoms with Crippen LogP contribution in [0.4, 0.5) is 5.69 Å². The maximum Gasteiger partial charge on any atom is 0.291 e. The van der Waals surface area contributed by atoms with Crippen molar-refractivity contribution < 1.29 is 13.9 Å². The quantitative estimate of drug-likeness (QED) is 0.438. The fourth-order valence-electron chi connectivity index (χ4n) is 2.95. The number of aromatic nitrogens is 2. The Morgan fingerprint density at radius 3 is 2.87 bits per heavy atom. The zero-order valence-corrected chi connectivity index (χ0v) is 17.1. The summed E-state index contributed by atoms with van der Waals surface area (Å²) in [5, 5.41) is 7.73. The first-order valence-corrected chi connectivity index (χ1v) is 9.80. The highest BCUT2D eigenvalue weighted by molar-refractivity contribution is 6.31. The SMILES string of the molecule is Cc1cccc(OCc2ccc(C(=O)Nc3cnn(Cc4ccccc4Cl)c3)o2)c1. The van der Waals surface area contributed by atoms with Crippen molar-refractivity contribution >= 4 is 23.2 Å². The molecule has 0 bridgehead atoms. The molecule has 7 heteroatoms. The Balaban J connectivity index is 1.34. The molecule has 0 aliphatic carbocycles. The van der Waals surface area contributed by atoms with E-state index in [9.17, 15) is 4.79 Å². The maximum atomic E-state index is 12.5. The lowest BCUT2D eigenvalue weighted by molar-refractivity contribution is 0.0992. The number of rotatable bonds is 7. The van der Waals surface area contributed by atoms with Gasteiger partial charge in [0, 0.05) is 11.2 Å². The highest BCUT2D eigenvalue weighted by Gasteiger charge is 2.13.